The summed E-state index contributed by atoms with van der Waals surface area (Å²) < 4.78 is 10.6. The molecular weight excluding hydrogens is 238 g/mol. The topological polar surface area (TPSA) is 42.2 Å². The summed E-state index contributed by atoms with van der Waals surface area (Å²) in [6, 6.07) is 8.32. The molecule has 2 rings (SSSR count). The van der Waals surface area contributed by atoms with E-state index in [-0.39, 0.29) is 5.41 Å². The lowest BCUT2D eigenvalue weighted by Gasteiger charge is -2.45. The number of benzene rings is 1. The van der Waals surface area contributed by atoms with Gasteiger partial charge in [0.05, 0.1) is 25.7 Å². The maximum Gasteiger partial charge on any atom is 0.161 e. The molecule has 0 heterocycles. The number of hydrogen-bond acceptors (Lipinski definition) is 3. The molecule has 1 aromatic rings. The highest BCUT2D eigenvalue weighted by Gasteiger charge is 2.47. The van der Waals surface area contributed by atoms with Crippen LogP contribution in [0.4, 0.5) is 0 Å². The highest BCUT2D eigenvalue weighted by atomic mass is 16.5. The first-order valence-electron chi connectivity index (χ1n) is 6.70. The second kappa shape index (κ2) is 5.13. The molecule has 0 atom stereocenters. The van der Waals surface area contributed by atoms with Gasteiger partial charge in [0.15, 0.2) is 11.5 Å². The smallest absolute Gasteiger partial charge is 0.161 e. The molecule has 0 bridgehead atoms. The minimum absolute atomic E-state index is 0.339. The third-order valence-electron chi connectivity index (χ3n) is 4.31. The van der Waals surface area contributed by atoms with Crippen LogP contribution in [0.3, 0.4) is 0 Å². The van der Waals surface area contributed by atoms with Crippen LogP contribution in [-0.4, -0.2) is 14.2 Å². The van der Waals surface area contributed by atoms with E-state index < -0.39 is 0 Å². The Morgan fingerprint density at radius 1 is 1.21 bits per heavy atom. The van der Waals surface area contributed by atoms with Gasteiger partial charge in [-0.2, -0.15) is 5.26 Å². The van der Waals surface area contributed by atoms with Crippen molar-refractivity contribution in [2.24, 2.45) is 11.8 Å². The normalized spacial score (nSPS) is 25.6. The van der Waals surface area contributed by atoms with E-state index in [4.69, 9.17) is 9.47 Å². The number of hydrogen-bond donors (Lipinski definition) is 0. The molecule has 1 aliphatic carbocycles. The van der Waals surface area contributed by atoms with Crippen molar-refractivity contribution >= 4 is 0 Å². The number of nitriles is 1. The molecule has 3 heteroatoms. The lowest BCUT2D eigenvalue weighted by molar-refractivity contribution is 0.144. The Labute approximate surface area is 115 Å². The molecule has 0 saturated heterocycles. The summed E-state index contributed by atoms with van der Waals surface area (Å²) in [7, 11) is 3.24. The lowest BCUT2D eigenvalue weighted by Crippen LogP contribution is -2.42. The van der Waals surface area contributed by atoms with Gasteiger partial charge in [-0.05, 0) is 42.4 Å². The van der Waals surface area contributed by atoms with Crippen molar-refractivity contribution in [2.45, 2.75) is 32.1 Å². The quantitative estimate of drug-likeness (QED) is 0.830. The Kier molecular flexibility index (Phi) is 3.71. The molecule has 0 radical (unpaired) electrons. The predicted molar refractivity (Wildman–Crippen MR) is 74.4 cm³/mol. The largest absolute Gasteiger partial charge is 0.493 e. The van der Waals surface area contributed by atoms with Gasteiger partial charge in [0.2, 0.25) is 0 Å². The standard InChI is InChI=1S/C16H21NO2/c1-11(2)12-8-16(9-12,10-17)13-5-6-14(18-3)15(7-13)19-4/h5-7,11-12H,8-9H2,1-4H3. The Morgan fingerprint density at radius 2 is 1.84 bits per heavy atom. The summed E-state index contributed by atoms with van der Waals surface area (Å²) in [6.45, 7) is 4.45. The molecule has 0 aromatic heterocycles. The zero-order valence-corrected chi connectivity index (χ0v) is 12.1. The van der Waals surface area contributed by atoms with Crippen LogP contribution >= 0.6 is 0 Å². The van der Waals surface area contributed by atoms with E-state index in [1.54, 1.807) is 14.2 Å². The molecule has 0 aliphatic heterocycles. The molecule has 1 aromatic carbocycles. The molecule has 0 unspecified atom stereocenters. The summed E-state index contributed by atoms with van der Waals surface area (Å²) >= 11 is 0. The predicted octanol–water partition coefficient (Wildman–Crippen LogP) is 3.53. The van der Waals surface area contributed by atoms with E-state index in [1.165, 1.54) is 0 Å². The fourth-order valence-electron chi connectivity index (χ4n) is 2.83. The van der Waals surface area contributed by atoms with Gasteiger partial charge in [-0.1, -0.05) is 19.9 Å². The number of nitrogens with zero attached hydrogens (tertiary/aromatic N) is 1. The fourth-order valence-corrected chi connectivity index (χ4v) is 2.83. The molecule has 0 amide bonds. The number of rotatable bonds is 4. The van der Waals surface area contributed by atoms with Gasteiger partial charge in [-0.25, -0.2) is 0 Å². The van der Waals surface area contributed by atoms with E-state index in [9.17, 15) is 5.26 Å². The highest BCUT2D eigenvalue weighted by Crippen LogP contribution is 2.51. The minimum atomic E-state index is -0.339. The zero-order valence-electron chi connectivity index (χ0n) is 12.1. The van der Waals surface area contributed by atoms with Crippen LogP contribution in [0, 0.1) is 23.2 Å². The Bertz CT molecular complexity index is 496. The monoisotopic (exact) mass is 259 g/mol. The molecule has 0 spiro atoms. The summed E-state index contributed by atoms with van der Waals surface area (Å²) in [5, 5.41) is 9.56. The van der Waals surface area contributed by atoms with Gasteiger partial charge in [-0.15, -0.1) is 0 Å². The highest BCUT2D eigenvalue weighted by molar-refractivity contribution is 5.48. The minimum Gasteiger partial charge on any atom is -0.493 e. The molecule has 0 N–H and O–H groups in total. The van der Waals surface area contributed by atoms with Crippen molar-refractivity contribution in [3.8, 4) is 17.6 Å². The summed E-state index contributed by atoms with van der Waals surface area (Å²) in [6.07, 6.45) is 1.88. The summed E-state index contributed by atoms with van der Waals surface area (Å²) in [5.74, 6) is 2.69. The molecule has 1 saturated carbocycles. The van der Waals surface area contributed by atoms with Crippen molar-refractivity contribution in [3.63, 3.8) is 0 Å². The van der Waals surface area contributed by atoms with Gasteiger partial charge < -0.3 is 9.47 Å². The van der Waals surface area contributed by atoms with Crippen LogP contribution in [0.1, 0.15) is 32.3 Å². The fraction of sp³-hybridized carbons (Fsp3) is 0.562. The van der Waals surface area contributed by atoms with E-state index in [0.717, 1.165) is 18.4 Å². The van der Waals surface area contributed by atoms with E-state index in [2.05, 4.69) is 19.9 Å². The lowest BCUT2D eigenvalue weighted by atomic mass is 9.56. The van der Waals surface area contributed by atoms with E-state index in [0.29, 0.717) is 23.3 Å². The maximum absolute atomic E-state index is 9.56. The Hall–Kier alpha value is -1.69. The molecule has 102 valence electrons. The van der Waals surface area contributed by atoms with Gasteiger partial charge >= 0.3 is 0 Å². The van der Waals surface area contributed by atoms with Crippen LogP contribution in [0.25, 0.3) is 0 Å². The van der Waals surface area contributed by atoms with Gasteiger partial charge in [-0.3, -0.25) is 0 Å². The van der Waals surface area contributed by atoms with E-state index >= 15 is 0 Å². The van der Waals surface area contributed by atoms with Crippen molar-refractivity contribution in [1.82, 2.24) is 0 Å². The third-order valence-corrected chi connectivity index (χ3v) is 4.31. The van der Waals surface area contributed by atoms with Crippen LogP contribution in [0.5, 0.6) is 11.5 Å². The van der Waals surface area contributed by atoms with Crippen molar-refractivity contribution in [2.75, 3.05) is 14.2 Å². The Morgan fingerprint density at radius 3 is 2.32 bits per heavy atom. The molecule has 19 heavy (non-hydrogen) atoms. The second-order valence-electron chi connectivity index (χ2n) is 5.68. The SMILES string of the molecule is COc1ccc(C2(C#N)CC(C(C)C)C2)cc1OC. The van der Waals surface area contributed by atoms with Gasteiger partial charge in [0.1, 0.15) is 0 Å². The zero-order chi connectivity index (χ0) is 14.0. The molecule has 3 nitrogen and oxygen atoms in total. The maximum atomic E-state index is 9.56. The average molecular weight is 259 g/mol. The van der Waals surface area contributed by atoms with Gasteiger partial charge in [0.25, 0.3) is 0 Å². The molecule has 1 fully saturated rings. The first-order valence-corrected chi connectivity index (χ1v) is 6.70. The first kappa shape index (κ1) is 13.7. The average Bonchev–Trinajstić information content (AvgIpc) is 2.37. The van der Waals surface area contributed by atoms with Crippen molar-refractivity contribution in [1.29, 1.82) is 5.26 Å². The van der Waals surface area contributed by atoms with Crippen molar-refractivity contribution < 1.29 is 9.47 Å². The van der Waals surface area contributed by atoms with E-state index in [1.807, 2.05) is 18.2 Å². The Balaban J connectivity index is 2.29. The van der Waals surface area contributed by atoms with Crippen molar-refractivity contribution in [3.05, 3.63) is 23.8 Å². The molecule has 1 aliphatic rings. The first-order chi connectivity index (χ1) is 9.06. The molecular formula is C16H21NO2. The van der Waals surface area contributed by atoms with Gasteiger partial charge in [0, 0.05) is 0 Å². The van der Waals surface area contributed by atoms with Crippen LogP contribution in [-0.2, 0) is 5.41 Å². The summed E-state index contributed by atoms with van der Waals surface area (Å²) in [5.41, 5.74) is 0.707. The second-order valence-corrected chi connectivity index (χ2v) is 5.68. The van der Waals surface area contributed by atoms with Crippen LogP contribution in [0.15, 0.2) is 18.2 Å². The summed E-state index contributed by atoms with van der Waals surface area (Å²) in [4.78, 5) is 0. The third kappa shape index (κ3) is 2.28. The number of ether oxygens (including phenoxy) is 2. The van der Waals surface area contributed by atoms with Crippen LogP contribution in [0.2, 0.25) is 0 Å². The number of methoxy groups -OCH3 is 2. The van der Waals surface area contributed by atoms with Crippen LogP contribution < -0.4 is 9.47 Å².